The maximum Gasteiger partial charge on any atom is 0.241 e. The summed E-state index contributed by atoms with van der Waals surface area (Å²) in [4.78, 5) is 16.7. The Hall–Kier alpha value is -2.17. The molecule has 4 heteroatoms. The van der Waals surface area contributed by atoms with Crippen LogP contribution in [0.25, 0.3) is 0 Å². The number of aliphatic hydroxyl groups is 1. The summed E-state index contributed by atoms with van der Waals surface area (Å²) in [5.41, 5.74) is 2.01. The summed E-state index contributed by atoms with van der Waals surface area (Å²) < 4.78 is 0. The SMILES string of the molecule is O=C(CN1CC[C@H](O)C1)N(Cc1ccccc1)c1ccccc1. The van der Waals surface area contributed by atoms with Crippen molar-refractivity contribution in [2.45, 2.75) is 19.1 Å². The molecule has 23 heavy (non-hydrogen) atoms. The van der Waals surface area contributed by atoms with Crippen LogP contribution in [0.3, 0.4) is 0 Å². The third-order valence-electron chi connectivity index (χ3n) is 4.16. The van der Waals surface area contributed by atoms with Gasteiger partial charge in [-0.2, -0.15) is 0 Å². The number of amides is 1. The molecule has 3 rings (SSSR count). The molecule has 1 amide bonds. The summed E-state index contributed by atoms with van der Waals surface area (Å²) in [6.45, 7) is 2.26. The van der Waals surface area contributed by atoms with Crippen molar-refractivity contribution in [1.29, 1.82) is 0 Å². The fraction of sp³-hybridized carbons (Fsp3) is 0.316. The highest BCUT2D eigenvalue weighted by atomic mass is 16.3. The number of β-amino-alcohol motifs (C(OH)–C–C–N with tert-alkyl or cyclic N) is 1. The van der Waals surface area contributed by atoms with Crippen LogP contribution in [-0.4, -0.2) is 41.7 Å². The van der Waals surface area contributed by atoms with Crippen LogP contribution in [0.5, 0.6) is 0 Å². The standard InChI is InChI=1S/C19H22N2O2/c22-18-11-12-20(14-18)15-19(23)21(17-9-5-2-6-10-17)13-16-7-3-1-4-8-16/h1-10,18,22H,11-15H2/t18-/m0/s1. The highest BCUT2D eigenvalue weighted by Gasteiger charge is 2.25. The van der Waals surface area contributed by atoms with Gasteiger partial charge in [-0.25, -0.2) is 0 Å². The summed E-state index contributed by atoms with van der Waals surface area (Å²) in [5.74, 6) is 0.0640. The number of carbonyl (C=O) groups excluding carboxylic acids is 1. The third kappa shape index (κ3) is 4.18. The van der Waals surface area contributed by atoms with Gasteiger partial charge < -0.3 is 10.0 Å². The van der Waals surface area contributed by atoms with Gasteiger partial charge in [-0.1, -0.05) is 48.5 Å². The number of nitrogens with zero attached hydrogens (tertiary/aromatic N) is 2. The average Bonchev–Trinajstić information content (AvgIpc) is 2.99. The van der Waals surface area contributed by atoms with E-state index >= 15 is 0 Å². The first-order valence-electron chi connectivity index (χ1n) is 8.02. The van der Waals surface area contributed by atoms with Gasteiger partial charge in [-0.15, -0.1) is 0 Å². The lowest BCUT2D eigenvalue weighted by molar-refractivity contribution is -0.119. The Bertz CT molecular complexity index is 630. The van der Waals surface area contributed by atoms with Crippen molar-refractivity contribution in [2.24, 2.45) is 0 Å². The van der Waals surface area contributed by atoms with Crippen molar-refractivity contribution in [1.82, 2.24) is 4.90 Å². The van der Waals surface area contributed by atoms with Gasteiger partial charge >= 0.3 is 0 Å². The van der Waals surface area contributed by atoms with E-state index in [2.05, 4.69) is 0 Å². The molecule has 1 atom stereocenters. The lowest BCUT2D eigenvalue weighted by Gasteiger charge is -2.25. The van der Waals surface area contributed by atoms with Crippen LogP contribution in [-0.2, 0) is 11.3 Å². The second-order valence-electron chi connectivity index (χ2n) is 5.98. The van der Waals surface area contributed by atoms with Crippen LogP contribution >= 0.6 is 0 Å². The predicted octanol–water partition coefficient (Wildman–Crippen LogP) is 2.29. The number of likely N-dealkylation sites (tertiary alicyclic amines) is 1. The minimum absolute atomic E-state index is 0.0640. The fourth-order valence-electron chi connectivity index (χ4n) is 2.93. The molecule has 120 valence electrons. The van der Waals surface area contributed by atoms with Crippen LogP contribution in [0, 0.1) is 0 Å². The molecule has 0 spiro atoms. The van der Waals surface area contributed by atoms with E-state index in [1.165, 1.54) is 0 Å². The molecule has 1 N–H and O–H groups in total. The van der Waals surface area contributed by atoms with Gasteiger partial charge in [0.05, 0.1) is 19.2 Å². The smallest absolute Gasteiger partial charge is 0.241 e. The third-order valence-corrected chi connectivity index (χ3v) is 4.16. The molecule has 2 aromatic carbocycles. The number of benzene rings is 2. The minimum Gasteiger partial charge on any atom is -0.392 e. The van der Waals surface area contributed by atoms with E-state index in [0.29, 0.717) is 19.6 Å². The van der Waals surface area contributed by atoms with Gasteiger partial charge in [-0.05, 0) is 24.1 Å². The Balaban J connectivity index is 1.76. The van der Waals surface area contributed by atoms with E-state index in [9.17, 15) is 9.90 Å². The van der Waals surface area contributed by atoms with Crippen molar-refractivity contribution < 1.29 is 9.90 Å². The topological polar surface area (TPSA) is 43.8 Å². The van der Waals surface area contributed by atoms with E-state index in [1.807, 2.05) is 70.5 Å². The Morgan fingerprint density at radius 3 is 2.35 bits per heavy atom. The summed E-state index contributed by atoms with van der Waals surface area (Å²) in [7, 11) is 0. The van der Waals surface area contributed by atoms with E-state index in [1.54, 1.807) is 0 Å². The lowest BCUT2D eigenvalue weighted by Crippen LogP contribution is -2.39. The first-order chi connectivity index (χ1) is 11.2. The van der Waals surface area contributed by atoms with Crippen LogP contribution in [0.2, 0.25) is 0 Å². The largest absolute Gasteiger partial charge is 0.392 e. The van der Waals surface area contributed by atoms with Crippen LogP contribution in [0.15, 0.2) is 60.7 Å². The molecule has 0 aliphatic carbocycles. The first kappa shape index (κ1) is 15.7. The van der Waals surface area contributed by atoms with E-state index < -0.39 is 0 Å². The molecule has 1 heterocycles. The molecule has 1 fully saturated rings. The monoisotopic (exact) mass is 310 g/mol. The van der Waals surface area contributed by atoms with Gasteiger partial charge in [0.2, 0.25) is 5.91 Å². The second-order valence-corrected chi connectivity index (χ2v) is 5.98. The number of hydrogen-bond donors (Lipinski definition) is 1. The molecule has 1 aliphatic rings. The molecule has 0 unspecified atom stereocenters. The maximum absolute atomic E-state index is 12.8. The molecule has 1 aliphatic heterocycles. The zero-order valence-electron chi connectivity index (χ0n) is 13.1. The summed E-state index contributed by atoms with van der Waals surface area (Å²) in [6.07, 6.45) is 0.444. The molecule has 0 aromatic heterocycles. The highest BCUT2D eigenvalue weighted by Crippen LogP contribution is 2.18. The van der Waals surface area contributed by atoms with Crippen molar-refractivity contribution >= 4 is 11.6 Å². The van der Waals surface area contributed by atoms with Crippen molar-refractivity contribution in [3.63, 3.8) is 0 Å². The van der Waals surface area contributed by atoms with E-state index in [4.69, 9.17) is 0 Å². The second kappa shape index (κ2) is 7.40. The highest BCUT2D eigenvalue weighted by molar-refractivity contribution is 5.94. The number of para-hydroxylation sites is 1. The number of hydrogen-bond acceptors (Lipinski definition) is 3. The molecule has 2 aromatic rings. The zero-order chi connectivity index (χ0) is 16.1. The van der Waals surface area contributed by atoms with Crippen LogP contribution < -0.4 is 4.90 Å². The van der Waals surface area contributed by atoms with Crippen molar-refractivity contribution in [3.05, 3.63) is 66.2 Å². The molecule has 0 saturated carbocycles. The molecule has 0 radical (unpaired) electrons. The summed E-state index contributed by atoms with van der Waals surface area (Å²) >= 11 is 0. The molecular weight excluding hydrogens is 288 g/mol. The summed E-state index contributed by atoms with van der Waals surface area (Å²) in [6, 6.07) is 19.8. The number of anilines is 1. The molecule has 1 saturated heterocycles. The number of rotatable bonds is 5. The normalized spacial score (nSPS) is 18.0. The Morgan fingerprint density at radius 1 is 1.09 bits per heavy atom. The number of carbonyl (C=O) groups is 1. The van der Waals surface area contributed by atoms with Crippen LogP contribution in [0.4, 0.5) is 5.69 Å². The summed E-state index contributed by atoms with van der Waals surface area (Å²) in [5, 5.41) is 9.64. The van der Waals surface area contributed by atoms with E-state index in [0.717, 1.165) is 24.2 Å². The van der Waals surface area contributed by atoms with Gasteiger partial charge in [-0.3, -0.25) is 9.69 Å². The van der Waals surface area contributed by atoms with Gasteiger partial charge in [0.1, 0.15) is 0 Å². The Morgan fingerprint density at radius 2 is 1.74 bits per heavy atom. The minimum atomic E-state index is -0.304. The lowest BCUT2D eigenvalue weighted by atomic mass is 10.2. The van der Waals surface area contributed by atoms with Crippen LogP contribution in [0.1, 0.15) is 12.0 Å². The van der Waals surface area contributed by atoms with E-state index in [-0.39, 0.29) is 12.0 Å². The Labute approximate surface area is 137 Å². The van der Waals surface area contributed by atoms with Gasteiger partial charge in [0.25, 0.3) is 0 Å². The quantitative estimate of drug-likeness (QED) is 0.921. The maximum atomic E-state index is 12.8. The zero-order valence-corrected chi connectivity index (χ0v) is 13.1. The Kier molecular flexibility index (Phi) is 5.05. The molecule has 4 nitrogen and oxygen atoms in total. The van der Waals surface area contributed by atoms with Crippen molar-refractivity contribution in [3.8, 4) is 0 Å². The van der Waals surface area contributed by atoms with Crippen molar-refractivity contribution in [2.75, 3.05) is 24.5 Å². The van der Waals surface area contributed by atoms with Gasteiger partial charge in [0, 0.05) is 18.8 Å². The first-order valence-corrected chi connectivity index (χ1v) is 8.02. The van der Waals surface area contributed by atoms with Gasteiger partial charge in [0.15, 0.2) is 0 Å². The average molecular weight is 310 g/mol. The predicted molar refractivity (Wildman–Crippen MR) is 91.1 cm³/mol. The molecular formula is C19H22N2O2. The number of aliphatic hydroxyl groups excluding tert-OH is 1. The molecule has 0 bridgehead atoms. The fourth-order valence-corrected chi connectivity index (χ4v) is 2.93.